The molecular formula is C13H14F3NO2. The minimum Gasteiger partial charge on any atom is -0.379 e. The highest BCUT2D eigenvalue weighted by molar-refractivity contribution is 5.94. The van der Waals surface area contributed by atoms with Gasteiger partial charge in [-0.15, -0.1) is 0 Å². The van der Waals surface area contributed by atoms with Crippen molar-refractivity contribution in [1.82, 2.24) is 4.90 Å². The average Bonchev–Trinajstić information content (AvgIpc) is 2.90. The van der Waals surface area contributed by atoms with Crippen LogP contribution >= 0.6 is 0 Å². The summed E-state index contributed by atoms with van der Waals surface area (Å²) in [5.74, 6) is -0.284. The first-order chi connectivity index (χ1) is 8.89. The second kappa shape index (κ2) is 5.21. The Labute approximate surface area is 108 Å². The van der Waals surface area contributed by atoms with E-state index in [1.165, 1.54) is 18.2 Å². The van der Waals surface area contributed by atoms with E-state index in [0.29, 0.717) is 13.1 Å². The summed E-state index contributed by atoms with van der Waals surface area (Å²) in [5.41, 5.74) is -0.125. The molecule has 0 saturated carbocycles. The van der Waals surface area contributed by atoms with Gasteiger partial charge in [-0.25, -0.2) is 0 Å². The fraction of sp³-hybridized carbons (Fsp3) is 0.462. The molecule has 1 aliphatic rings. The van der Waals surface area contributed by atoms with Crippen LogP contribution in [-0.4, -0.2) is 35.2 Å². The summed E-state index contributed by atoms with van der Waals surface area (Å²) in [6.07, 6.45) is -5.46. The van der Waals surface area contributed by atoms with Gasteiger partial charge < -0.3 is 10.0 Å². The zero-order valence-corrected chi connectivity index (χ0v) is 10.2. The summed E-state index contributed by atoms with van der Waals surface area (Å²) >= 11 is 0. The number of likely N-dealkylation sites (tertiary alicyclic amines) is 1. The molecule has 3 nitrogen and oxygen atoms in total. The largest absolute Gasteiger partial charge is 0.418 e. The van der Waals surface area contributed by atoms with E-state index in [9.17, 15) is 23.1 Å². The lowest BCUT2D eigenvalue weighted by Gasteiger charge is -2.18. The topological polar surface area (TPSA) is 40.5 Å². The van der Waals surface area contributed by atoms with Crippen molar-refractivity contribution in [3.63, 3.8) is 0 Å². The van der Waals surface area contributed by atoms with E-state index in [0.717, 1.165) is 18.9 Å². The number of carbonyl (C=O) groups is 1. The molecule has 104 valence electrons. The number of amides is 1. The van der Waals surface area contributed by atoms with Crippen molar-refractivity contribution in [2.45, 2.75) is 25.1 Å². The van der Waals surface area contributed by atoms with Gasteiger partial charge in [0.2, 0.25) is 0 Å². The Balaban J connectivity index is 2.21. The van der Waals surface area contributed by atoms with Crippen molar-refractivity contribution in [2.75, 3.05) is 13.1 Å². The summed E-state index contributed by atoms with van der Waals surface area (Å²) in [6.45, 7) is 1.26. The molecule has 1 heterocycles. The van der Waals surface area contributed by atoms with Crippen LogP contribution in [0.15, 0.2) is 24.3 Å². The van der Waals surface area contributed by atoms with Crippen LogP contribution < -0.4 is 0 Å². The number of benzene rings is 1. The molecule has 0 aliphatic carbocycles. The Bertz CT molecular complexity index is 467. The second-order valence-corrected chi connectivity index (χ2v) is 4.57. The van der Waals surface area contributed by atoms with Crippen LogP contribution in [0.1, 0.15) is 34.9 Å². The van der Waals surface area contributed by atoms with Crippen LogP contribution in [0, 0.1) is 0 Å². The molecule has 2 rings (SSSR count). The van der Waals surface area contributed by atoms with Crippen molar-refractivity contribution in [2.24, 2.45) is 0 Å². The molecule has 0 radical (unpaired) electrons. The normalized spacial score (nSPS) is 17.6. The lowest BCUT2D eigenvalue weighted by molar-refractivity contribution is -0.206. The molecule has 1 aromatic carbocycles. The summed E-state index contributed by atoms with van der Waals surface area (Å²) in [7, 11) is 0. The zero-order valence-electron chi connectivity index (χ0n) is 10.2. The van der Waals surface area contributed by atoms with Gasteiger partial charge in [0.1, 0.15) is 0 Å². The highest BCUT2D eigenvalue weighted by Gasteiger charge is 2.39. The predicted molar refractivity (Wildman–Crippen MR) is 62.6 cm³/mol. The highest BCUT2D eigenvalue weighted by Crippen LogP contribution is 2.32. The average molecular weight is 273 g/mol. The monoisotopic (exact) mass is 273 g/mol. The summed E-state index contributed by atoms with van der Waals surface area (Å²) < 4.78 is 37.3. The van der Waals surface area contributed by atoms with Crippen molar-refractivity contribution in [1.29, 1.82) is 0 Å². The first kappa shape index (κ1) is 13.9. The molecule has 1 fully saturated rings. The van der Waals surface area contributed by atoms with Gasteiger partial charge >= 0.3 is 6.18 Å². The van der Waals surface area contributed by atoms with E-state index in [2.05, 4.69) is 0 Å². The number of rotatable bonds is 2. The van der Waals surface area contributed by atoms with Crippen LogP contribution in [-0.2, 0) is 0 Å². The summed E-state index contributed by atoms with van der Waals surface area (Å²) in [6, 6.07) is 5.10. The van der Waals surface area contributed by atoms with E-state index in [4.69, 9.17) is 0 Å². The molecule has 1 amide bonds. The summed E-state index contributed by atoms with van der Waals surface area (Å²) in [4.78, 5) is 13.6. The van der Waals surface area contributed by atoms with Crippen LogP contribution in [0.4, 0.5) is 13.2 Å². The van der Waals surface area contributed by atoms with Gasteiger partial charge in [0.25, 0.3) is 5.91 Å². The van der Waals surface area contributed by atoms with E-state index in [-0.39, 0.29) is 17.0 Å². The SMILES string of the molecule is O=C(c1cccc(C(O)C(F)(F)F)c1)N1CCCC1. The number of hydrogen-bond donors (Lipinski definition) is 1. The van der Waals surface area contributed by atoms with E-state index in [1.54, 1.807) is 4.90 Å². The van der Waals surface area contributed by atoms with Gasteiger partial charge in [-0.3, -0.25) is 4.79 Å². The lowest BCUT2D eigenvalue weighted by Crippen LogP contribution is -2.28. The van der Waals surface area contributed by atoms with Crippen LogP contribution in [0.5, 0.6) is 0 Å². The van der Waals surface area contributed by atoms with Gasteiger partial charge in [0.15, 0.2) is 6.10 Å². The van der Waals surface area contributed by atoms with Crippen molar-refractivity contribution in [3.05, 3.63) is 35.4 Å². The third-order valence-electron chi connectivity index (χ3n) is 3.15. The maximum atomic E-state index is 12.4. The molecule has 1 aromatic rings. The van der Waals surface area contributed by atoms with Gasteiger partial charge in [-0.2, -0.15) is 13.2 Å². The first-order valence-electron chi connectivity index (χ1n) is 6.03. The molecule has 6 heteroatoms. The minimum absolute atomic E-state index is 0.183. The minimum atomic E-state index is -4.73. The molecule has 19 heavy (non-hydrogen) atoms. The molecule has 1 unspecified atom stereocenters. The Kier molecular flexibility index (Phi) is 3.80. The maximum Gasteiger partial charge on any atom is 0.418 e. The third kappa shape index (κ3) is 3.07. The predicted octanol–water partition coefficient (Wildman–Crippen LogP) is 2.52. The standard InChI is InChI=1S/C13H14F3NO2/c14-13(15,16)11(18)9-4-3-5-10(8-9)12(19)17-6-1-2-7-17/h3-5,8,11,18H,1-2,6-7H2. The number of alkyl halides is 3. The smallest absolute Gasteiger partial charge is 0.379 e. The Morgan fingerprint density at radius 2 is 1.89 bits per heavy atom. The van der Waals surface area contributed by atoms with Gasteiger partial charge in [-0.05, 0) is 30.5 Å². The Morgan fingerprint density at radius 1 is 1.26 bits per heavy atom. The Hall–Kier alpha value is -1.56. The van der Waals surface area contributed by atoms with Crippen LogP contribution in [0.3, 0.4) is 0 Å². The van der Waals surface area contributed by atoms with Crippen molar-refractivity contribution in [3.8, 4) is 0 Å². The van der Waals surface area contributed by atoms with E-state index >= 15 is 0 Å². The lowest BCUT2D eigenvalue weighted by atomic mass is 10.0. The molecular weight excluding hydrogens is 259 g/mol. The fourth-order valence-electron chi connectivity index (χ4n) is 2.13. The van der Waals surface area contributed by atoms with Gasteiger partial charge in [-0.1, -0.05) is 12.1 Å². The number of carbonyl (C=O) groups excluding carboxylic acids is 1. The van der Waals surface area contributed by atoms with Crippen molar-refractivity contribution < 1.29 is 23.1 Å². The quantitative estimate of drug-likeness (QED) is 0.899. The van der Waals surface area contributed by atoms with Crippen LogP contribution in [0.2, 0.25) is 0 Å². The first-order valence-corrected chi connectivity index (χ1v) is 6.03. The summed E-state index contributed by atoms with van der Waals surface area (Å²) in [5, 5.41) is 9.18. The highest BCUT2D eigenvalue weighted by atomic mass is 19.4. The number of aliphatic hydroxyl groups excluding tert-OH is 1. The molecule has 0 spiro atoms. The second-order valence-electron chi connectivity index (χ2n) is 4.57. The van der Waals surface area contributed by atoms with E-state index < -0.39 is 12.3 Å². The molecule has 1 N–H and O–H groups in total. The maximum absolute atomic E-state index is 12.4. The number of nitrogens with zero attached hydrogens (tertiary/aromatic N) is 1. The molecule has 0 aromatic heterocycles. The van der Waals surface area contributed by atoms with Gasteiger partial charge in [0, 0.05) is 18.7 Å². The molecule has 1 saturated heterocycles. The molecule has 1 atom stereocenters. The number of halogens is 3. The number of aliphatic hydroxyl groups is 1. The van der Waals surface area contributed by atoms with Gasteiger partial charge in [0.05, 0.1) is 0 Å². The zero-order chi connectivity index (χ0) is 14.0. The molecule has 0 bridgehead atoms. The van der Waals surface area contributed by atoms with E-state index in [1.807, 2.05) is 0 Å². The van der Waals surface area contributed by atoms with Crippen LogP contribution in [0.25, 0.3) is 0 Å². The number of hydrogen-bond acceptors (Lipinski definition) is 2. The molecule has 1 aliphatic heterocycles. The third-order valence-corrected chi connectivity index (χ3v) is 3.15. The fourth-order valence-corrected chi connectivity index (χ4v) is 2.13. The van der Waals surface area contributed by atoms with Crippen molar-refractivity contribution >= 4 is 5.91 Å². The Morgan fingerprint density at radius 3 is 2.47 bits per heavy atom.